The molecular formula is C22H24Cl2O2Si. The van der Waals surface area contributed by atoms with Crippen molar-refractivity contribution in [2.24, 2.45) is 0 Å². The van der Waals surface area contributed by atoms with Crippen LogP contribution < -0.4 is 8.85 Å². The molecule has 5 rings (SSSR count). The highest BCUT2D eigenvalue weighted by Crippen LogP contribution is 2.53. The van der Waals surface area contributed by atoms with Gasteiger partial charge in [-0.15, -0.1) is 0 Å². The molecule has 3 aliphatic rings. The Labute approximate surface area is 172 Å². The van der Waals surface area contributed by atoms with Crippen LogP contribution in [0.4, 0.5) is 0 Å². The van der Waals surface area contributed by atoms with Crippen molar-refractivity contribution in [1.29, 1.82) is 0 Å². The molecule has 0 radical (unpaired) electrons. The second-order valence-corrected chi connectivity index (χ2v) is 12.4. The largest absolute Gasteiger partial charge is 0.511 e. The van der Waals surface area contributed by atoms with Crippen LogP contribution in [0.2, 0.25) is 22.1 Å². The van der Waals surface area contributed by atoms with E-state index >= 15 is 0 Å². The first-order valence-electron chi connectivity index (χ1n) is 9.92. The predicted molar refractivity (Wildman–Crippen MR) is 113 cm³/mol. The van der Waals surface area contributed by atoms with Crippen LogP contribution in [-0.4, -0.2) is 8.56 Å². The van der Waals surface area contributed by atoms with E-state index in [0.29, 0.717) is 0 Å². The molecule has 0 saturated carbocycles. The van der Waals surface area contributed by atoms with Crippen LogP contribution in [-0.2, 0) is 6.42 Å². The number of halogens is 2. The molecule has 27 heavy (non-hydrogen) atoms. The van der Waals surface area contributed by atoms with Gasteiger partial charge >= 0.3 is 8.56 Å². The van der Waals surface area contributed by atoms with Gasteiger partial charge in [0.2, 0.25) is 0 Å². The number of hydrogen-bond acceptors (Lipinski definition) is 2. The standard InChI is InChI=1S/C22H24Cl2O2Si/c1-12-9-17(23)19-14(3)20-16-11-15(19)21(12)25-27(7-5-4-6-8-27)26-22(16)13(2)10-18(20)24/h9-10,14H,4-8,11H2,1-3H3. The summed E-state index contributed by atoms with van der Waals surface area (Å²) in [6.07, 6.45) is 4.43. The van der Waals surface area contributed by atoms with Crippen molar-refractivity contribution in [2.45, 2.75) is 64.5 Å². The zero-order valence-corrected chi connectivity index (χ0v) is 18.6. The van der Waals surface area contributed by atoms with Crippen molar-refractivity contribution >= 4 is 31.8 Å². The van der Waals surface area contributed by atoms with E-state index < -0.39 is 8.56 Å². The summed E-state index contributed by atoms with van der Waals surface area (Å²) in [4.78, 5) is 0. The van der Waals surface area contributed by atoms with E-state index in [2.05, 4.69) is 32.9 Å². The molecule has 2 nitrogen and oxygen atoms in total. The first kappa shape index (κ1) is 17.9. The van der Waals surface area contributed by atoms with Gasteiger partial charge in [-0.3, -0.25) is 0 Å². The first-order valence-corrected chi connectivity index (χ1v) is 12.9. The van der Waals surface area contributed by atoms with Crippen molar-refractivity contribution in [3.8, 4) is 11.5 Å². The maximum absolute atomic E-state index is 6.88. The molecule has 2 aliphatic heterocycles. The summed E-state index contributed by atoms with van der Waals surface area (Å²) < 4.78 is 13.8. The highest BCUT2D eigenvalue weighted by atomic mass is 35.5. The smallest absolute Gasteiger partial charge is 0.460 e. The third kappa shape index (κ3) is 2.58. The average Bonchev–Trinajstić information content (AvgIpc) is 2.61. The third-order valence-corrected chi connectivity index (χ3v) is 10.5. The SMILES string of the molecule is Cc1cc(Cl)c2c3c1O[Si]1(CCCCC1)Oc1c(C)cc(Cl)c(c1C3)C2C. The Morgan fingerprint density at radius 2 is 1.33 bits per heavy atom. The molecule has 1 fully saturated rings. The van der Waals surface area contributed by atoms with Gasteiger partial charge in [0.25, 0.3) is 0 Å². The van der Waals surface area contributed by atoms with Crippen LogP contribution in [0.1, 0.15) is 65.5 Å². The Bertz CT molecular complexity index is 894. The van der Waals surface area contributed by atoms with Gasteiger partial charge in [-0.1, -0.05) is 36.5 Å². The lowest BCUT2D eigenvalue weighted by atomic mass is 9.77. The van der Waals surface area contributed by atoms with Gasteiger partial charge in [0, 0.05) is 45.6 Å². The topological polar surface area (TPSA) is 18.5 Å². The minimum Gasteiger partial charge on any atom is -0.511 e. The van der Waals surface area contributed by atoms with E-state index in [1.165, 1.54) is 41.5 Å². The molecule has 2 bridgehead atoms. The number of aryl methyl sites for hydroxylation is 2. The van der Waals surface area contributed by atoms with E-state index in [-0.39, 0.29) is 5.92 Å². The fourth-order valence-electron chi connectivity index (χ4n) is 5.26. The summed E-state index contributed by atoms with van der Waals surface area (Å²) in [5.74, 6) is 2.20. The average molecular weight is 419 g/mol. The number of benzene rings is 2. The lowest BCUT2D eigenvalue weighted by Gasteiger charge is -2.41. The van der Waals surface area contributed by atoms with E-state index in [1.54, 1.807) is 0 Å². The quantitative estimate of drug-likeness (QED) is 0.426. The van der Waals surface area contributed by atoms with Crippen molar-refractivity contribution in [3.05, 3.63) is 55.6 Å². The monoisotopic (exact) mass is 418 g/mol. The Kier molecular flexibility index (Phi) is 4.09. The normalized spacial score (nSPS) is 19.9. The van der Waals surface area contributed by atoms with E-state index in [1.807, 2.05) is 0 Å². The summed E-state index contributed by atoms with van der Waals surface area (Å²) in [6, 6.07) is 6.23. The molecule has 0 unspecified atom stereocenters. The maximum atomic E-state index is 6.88. The molecule has 0 N–H and O–H groups in total. The van der Waals surface area contributed by atoms with Crippen molar-refractivity contribution in [1.82, 2.24) is 0 Å². The highest BCUT2D eigenvalue weighted by molar-refractivity contribution is 6.69. The number of rotatable bonds is 0. The first-order chi connectivity index (χ1) is 12.9. The summed E-state index contributed by atoms with van der Waals surface area (Å²) in [6.45, 7) is 6.42. The lowest BCUT2D eigenvalue weighted by Crippen LogP contribution is -2.51. The Hall–Kier alpha value is -1.16. The zero-order valence-electron chi connectivity index (χ0n) is 16.0. The molecule has 1 aliphatic carbocycles. The fourth-order valence-corrected chi connectivity index (χ4v) is 9.73. The second-order valence-electron chi connectivity index (χ2n) is 8.37. The van der Waals surface area contributed by atoms with Gasteiger partial charge in [0.05, 0.1) is 0 Å². The Balaban J connectivity index is 1.84. The summed E-state index contributed by atoms with van der Waals surface area (Å²) in [5.41, 5.74) is 7.12. The maximum Gasteiger partial charge on any atom is 0.460 e. The molecule has 142 valence electrons. The van der Waals surface area contributed by atoms with Crippen LogP contribution in [0, 0.1) is 13.8 Å². The minimum absolute atomic E-state index is 0.136. The van der Waals surface area contributed by atoms with E-state index in [0.717, 1.165) is 51.2 Å². The minimum atomic E-state index is -2.36. The predicted octanol–water partition coefficient (Wildman–Crippen LogP) is 7.06. The van der Waals surface area contributed by atoms with Crippen molar-refractivity contribution in [3.63, 3.8) is 0 Å². The van der Waals surface area contributed by atoms with Gasteiger partial charge in [0.1, 0.15) is 11.5 Å². The Morgan fingerprint density at radius 1 is 0.852 bits per heavy atom. The van der Waals surface area contributed by atoms with Crippen LogP contribution >= 0.6 is 23.2 Å². The van der Waals surface area contributed by atoms with E-state index in [4.69, 9.17) is 32.1 Å². The Morgan fingerprint density at radius 3 is 1.81 bits per heavy atom. The van der Waals surface area contributed by atoms with Crippen LogP contribution in [0.15, 0.2) is 12.1 Å². The van der Waals surface area contributed by atoms with Crippen LogP contribution in [0.5, 0.6) is 11.5 Å². The molecule has 0 atom stereocenters. The summed E-state index contributed by atoms with van der Waals surface area (Å²) in [7, 11) is -2.36. The highest BCUT2D eigenvalue weighted by Gasteiger charge is 2.47. The molecule has 1 spiro atoms. The van der Waals surface area contributed by atoms with E-state index in [9.17, 15) is 0 Å². The van der Waals surface area contributed by atoms with Crippen molar-refractivity contribution < 1.29 is 8.85 Å². The van der Waals surface area contributed by atoms with Crippen LogP contribution in [0.3, 0.4) is 0 Å². The van der Waals surface area contributed by atoms with Gasteiger partial charge in [-0.2, -0.15) is 0 Å². The molecule has 0 amide bonds. The van der Waals surface area contributed by atoms with Gasteiger partial charge < -0.3 is 8.85 Å². The van der Waals surface area contributed by atoms with Crippen LogP contribution in [0.25, 0.3) is 0 Å². The lowest BCUT2D eigenvalue weighted by molar-refractivity contribution is 0.347. The molecule has 0 aromatic heterocycles. The molecule has 2 aromatic rings. The summed E-state index contributed by atoms with van der Waals surface area (Å²) >= 11 is 13.5. The van der Waals surface area contributed by atoms with Gasteiger partial charge in [-0.05, 0) is 61.1 Å². The summed E-state index contributed by atoms with van der Waals surface area (Å²) in [5, 5.41) is 1.65. The zero-order chi connectivity index (χ0) is 18.9. The van der Waals surface area contributed by atoms with Gasteiger partial charge in [0.15, 0.2) is 0 Å². The molecule has 1 saturated heterocycles. The molecule has 2 heterocycles. The second kappa shape index (κ2) is 6.17. The molecule has 2 aromatic carbocycles. The molecular weight excluding hydrogens is 395 g/mol. The van der Waals surface area contributed by atoms with Gasteiger partial charge in [-0.25, -0.2) is 0 Å². The third-order valence-electron chi connectivity index (χ3n) is 6.53. The molecule has 5 heteroatoms. The number of hydrogen-bond donors (Lipinski definition) is 0. The fraction of sp³-hybridized carbons (Fsp3) is 0.455. The van der Waals surface area contributed by atoms with Crippen molar-refractivity contribution in [2.75, 3.05) is 0 Å².